The third kappa shape index (κ3) is 3.82. The molecule has 3 rings (SSSR count). The summed E-state index contributed by atoms with van der Waals surface area (Å²) in [5, 5.41) is 10.6. The van der Waals surface area contributed by atoms with Crippen LogP contribution in [-0.4, -0.2) is 33.4 Å². The normalized spacial score (nSPS) is 18.2. The van der Waals surface area contributed by atoms with E-state index >= 15 is 0 Å². The van der Waals surface area contributed by atoms with Crippen LogP contribution in [0.5, 0.6) is 0 Å². The topological polar surface area (TPSA) is 70.5 Å². The summed E-state index contributed by atoms with van der Waals surface area (Å²) in [4.78, 5) is 30.7. The van der Waals surface area contributed by atoms with Crippen molar-refractivity contribution in [3.05, 3.63) is 52.0 Å². The van der Waals surface area contributed by atoms with Gasteiger partial charge in [0.15, 0.2) is 0 Å². The van der Waals surface area contributed by atoms with Gasteiger partial charge in [-0.15, -0.1) is 11.3 Å². The molecule has 2 aromatic rings. The van der Waals surface area contributed by atoms with Crippen molar-refractivity contribution >= 4 is 23.2 Å². The smallest absolute Gasteiger partial charge is 0.336 e. The zero-order chi connectivity index (χ0) is 16.9. The van der Waals surface area contributed by atoms with Crippen molar-refractivity contribution in [2.24, 2.45) is 0 Å². The third-order valence-corrected chi connectivity index (χ3v) is 5.33. The standard InChI is InChI=1S/C18H20N2O3S/c21-17(11-15-10-14(12-24-15)18(22)23)20-9-3-1-2-4-16(20)13-5-7-19-8-6-13/h5-8,10,12,16H,1-4,9,11H2,(H,22,23). The molecule has 1 aliphatic rings. The summed E-state index contributed by atoms with van der Waals surface area (Å²) in [7, 11) is 0. The summed E-state index contributed by atoms with van der Waals surface area (Å²) in [6.45, 7) is 0.753. The zero-order valence-corrected chi connectivity index (χ0v) is 14.2. The second-order valence-corrected chi connectivity index (χ2v) is 7.01. The Hall–Kier alpha value is -2.21. The van der Waals surface area contributed by atoms with Gasteiger partial charge in [0.05, 0.1) is 18.0 Å². The lowest BCUT2D eigenvalue weighted by atomic mass is 10.0. The molecule has 0 spiro atoms. The van der Waals surface area contributed by atoms with E-state index in [1.165, 1.54) is 11.3 Å². The summed E-state index contributed by atoms with van der Waals surface area (Å²) < 4.78 is 0. The van der Waals surface area contributed by atoms with Crippen LogP contribution in [0.3, 0.4) is 0 Å². The molecular formula is C18H20N2O3S. The Bertz CT molecular complexity index is 714. The molecule has 0 saturated carbocycles. The van der Waals surface area contributed by atoms with Gasteiger partial charge < -0.3 is 10.0 Å². The maximum absolute atomic E-state index is 12.9. The lowest BCUT2D eigenvalue weighted by Gasteiger charge is -2.30. The van der Waals surface area contributed by atoms with Crippen LogP contribution in [0.1, 0.15) is 52.5 Å². The second kappa shape index (κ2) is 7.57. The molecular weight excluding hydrogens is 324 g/mol. The van der Waals surface area contributed by atoms with Crippen LogP contribution < -0.4 is 0 Å². The Morgan fingerprint density at radius 2 is 2.04 bits per heavy atom. The van der Waals surface area contributed by atoms with Gasteiger partial charge in [0.25, 0.3) is 0 Å². The molecule has 0 bridgehead atoms. The van der Waals surface area contributed by atoms with Gasteiger partial charge >= 0.3 is 5.97 Å². The molecule has 1 N–H and O–H groups in total. The fourth-order valence-corrected chi connectivity index (χ4v) is 4.02. The van der Waals surface area contributed by atoms with E-state index in [4.69, 9.17) is 5.11 Å². The number of hydrogen-bond acceptors (Lipinski definition) is 4. The van der Waals surface area contributed by atoms with Crippen LogP contribution in [0.2, 0.25) is 0 Å². The van der Waals surface area contributed by atoms with Crippen LogP contribution in [0.25, 0.3) is 0 Å². The average molecular weight is 344 g/mol. The minimum Gasteiger partial charge on any atom is -0.478 e. The van der Waals surface area contributed by atoms with E-state index in [0.717, 1.165) is 42.7 Å². The van der Waals surface area contributed by atoms with E-state index in [1.54, 1.807) is 23.8 Å². The number of aromatic carboxylic acids is 1. The molecule has 5 nitrogen and oxygen atoms in total. The predicted molar refractivity (Wildman–Crippen MR) is 92.1 cm³/mol. The maximum atomic E-state index is 12.9. The lowest BCUT2D eigenvalue weighted by molar-refractivity contribution is -0.132. The lowest BCUT2D eigenvalue weighted by Crippen LogP contribution is -2.35. The zero-order valence-electron chi connectivity index (χ0n) is 13.4. The molecule has 2 aromatic heterocycles. The molecule has 1 amide bonds. The summed E-state index contributed by atoms with van der Waals surface area (Å²) in [5.41, 5.74) is 1.38. The molecule has 1 aliphatic heterocycles. The Balaban J connectivity index is 1.77. The molecule has 1 atom stereocenters. The van der Waals surface area contributed by atoms with Crippen LogP contribution in [0.4, 0.5) is 0 Å². The number of rotatable bonds is 4. The summed E-state index contributed by atoms with van der Waals surface area (Å²) in [5.74, 6) is -0.883. The van der Waals surface area contributed by atoms with E-state index in [9.17, 15) is 9.59 Å². The van der Waals surface area contributed by atoms with Gasteiger partial charge in [-0.05, 0) is 36.6 Å². The Morgan fingerprint density at radius 3 is 2.75 bits per heavy atom. The first-order chi connectivity index (χ1) is 11.6. The number of aromatic nitrogens is 1. The molecule has 0 aromatic carbocycles. The van der Waals surface area contributed by atoms with Crippen LogP contribution in [-0.2, 0) is 11.2 Å². The van der Waals surface area contributed by atoms with Crippen molar-refractivity contribution in [2.75, 3.05) is 6.54 Å². The number of hydrogen-bond donors (Lipinski definition) is 1. The molecule has 126 valence electrons. The van der Waals surface area contributed by atoms with E-state index in [1.807, 2.05) is 17.0 Å². The molecule has 3 heterocycles. The van der Waals surface area contributed by atoms with Gasteiger partial charge in [0.1, 0.15) is 0 Å². The highest BCUT2D eigenvalue weighted by molar-refractivity contribution is 7.10. The largest absolute Gasteiger partial charge is 0.478 e. The first kappa shape index (κ1) is 16.6. The van der Waals surface area contributed by atoms with Crippen molar-refractivity contribution in [1.82, 2.24) is 9.88 Å². The van der Waals surface area contributed by atoms with Gasteiger partial charge in [0.2, 0.25) is 5.91 Å². The summed E-state index contributed by atoms with van der Waals surface area (Å²) in [6, 6.07) is 5.64. The average Bonchev–Trinajstić information content (AvgIpc) is 2.91. The molecule has 1 unspecified atom stereocenters. The van der Waals surface area contributed by atoms with E-state index in [0.29, 0.717) is 0 Å². The first-order valence-corrected chi connectivity index (χ1v) is 9.03. The van der Waals surface area contributed by atoms with E-state index < -0.39 is 5.97 Å². The van der Waals surface area contributed by atoms with Crippen LogP contribution in [0.15, 0.2) is 36.0 Å². The van der Waals surface area contributed by atoms with Gasteiger partial charge in [-0.1, -0.05) is 12.8 Å². The quantitative estimate of drug-likeness (QED) is 0.921. The molecule has 1 saturated heterocycles. The second-order valence-electron chi connectivity index (χ2n) is 6.02. The highest BCUT2D eigenvalue weighted by Crippen LogP contribution is 2.30. The van der Waals surface area contributed by atoms with Crippen molar-refractivity contribution in [1.29, 1.82) is 0 Å². The van der Waals surface area contributed by atoms with Crippen LogP contribution >= 0.6 is 11.3 Å². The number of carbonyl (C=O) groups excluding carboxylic acids is 1. The number of pyridine rings is 1. The number of likely N-dealkylation sites (tertiary alicyclic amines) is 1. The number of nitrogens with zero attached hydrogens (tertiary/aromatic N) is 2. The fourth-order valence-electron chi connectivity index (χ4n) is 3.18. The monoisotopic (exact) mass is 344 g/mol. The summed E-state index contributed by atoms with van der Waals surface area (Å²) >= 11 is 1.33. The number of thiophene rings is 1. The predicted octanol–water partition coefficient (Wildman–Crippen LogP) is 3.53. The number of amides is 1. The van der Waals surface area contributed by atoms with Crippen LogP contribution in [0, 0.1) is 0 Å². The Morgan fingerprint density at radius 1 is 1.25 bits per heavy atom. The van der Waals surface area contributed by atoms with Crippen molar-refractivity contribution in [2.45, 2.75) is 38.1 Å². The molecule has 1 fully saturated rings. The molecule has 0 radical (unpaired) electrons. The van der Waals surface area contributed by atoms with Gasteiger partial charge in [-0.2, -0.15) is 0 Å². The molecule has 6 heteroatoms. The number of carboxylic acid groups (broad SMARTS) is 1. The molecule has 0 aliphatic carbocycles. The summed E-state index contributed by atoms with van der Waals surface area (Å²) in [6.07, 6.45) is 8.01. The Kier molecular flexibility index (Phi) is 5.25. The third-order valence-electron chi connectivity index (χ3n) is 4.39. The van der Waals surface area contributed by atoms with E-state index in [2.05, 4.69) is 4.98 Å². The minimum absolute atomic E-state index is 0.0671. The fraction of sp³-hybridized carbons (Fsp3) is 0.389. The highest BCUT2D eigenvalue weighted by atomic mass is 32.1. The minimum atomic E-state index is -0.950. The van der Waals surface area contributed by atoms with Gasteiger partial charge in [-0.25, -0.2) is 4.79 Å². The first-order valence-electron chi connectivity index (χ1n) is 8.15. The van der Waals surface area contributed by atoms with Crippen molar-refractivity contribution in [3.63, 3.8) is 0 Å². The Labute approximate surface area is 145 Å². The SMILES string of the molecule is O=C(O)c1csc(CC(=O)N2CCCCCC2c2ccncc2)c1. The van der Waals surface area contributed by atoms with Gasteiger partial charge in [0, 0.05) is 29.2 Å². The van der Waals surface area contributed by atoms with Crippen molar-refractivity contribution in [3.8, 4) is 0 Å². The number of carbonyl (C=O) groups is 2. The highest BCUT2D eigenvalue weighted by Gasteiger charge is 2.27. The maximum Gasteiger partial charge on any atom is 0.336 e. The molecule has 24 heavy (non-hydrogen) atoms. The van der Waals surface area contributed by atoms with Gasteiger partial charge in [-0.3, -0.25) is 9.78 Å². The van der Waals surface area contributed by atoms with Crippen molar-refractivity contribution < 1.29 is 14.7 Å². The van der Waals surface area contributed by atoms with E-state index in [-0.39, 0.29) is 23.9 Å². The number of carboxylic acids is 1.